The van der Waals surface area contributed by atoms with Crippen molar-refractivity contribution >= 4 is 22.6 Å². The van der Waals surface area contributed by atoms with Crippen LogP contribution in [0.5, 0.6) is 0 Å². The molecule has 2 rings (SSSR count). The molecule has 0 bridgehead atoms. The number of hydrogen-bond acceptors (Lipinski definition) is 1. The molecule has 1 nitrogen and oxygen atoms in total. The van der Waals surface area contributed by atoms with Crippen molar-refractivity contribution < 1.29 is 5.11 Å². The maximum Gasteiger partial charge on any atom is 0.0789 e. The van der Waals surface area contributed by atoms with Gasteiger partial charge >= 0.3 is 0 Å². The van der Waals surface area contributed by atoms with Crippen LogP contribution in [0.4, 0.5) is 0 Å². The highest BCUT2D eigenvalue weighted by Crippen LogP contribution is 2.48. The Hall–Kier alpha value is -0.0900. The molecule has 1 N–H and O–H groups in total. The smallest absolute Gasteiger partial charge is 0.0789 e. The third-order valence-electron chi connectivity index (χ3n) is 2.97. The lowest BCUT2D eigenvalue weighted by Crippen LogP contribution is -2.29. The largest absolute Gasteiger partial charge is 0.391 e. The highest BCUT2D eigenvalue weighted by molar-refractivity contribution is 14.1. The average Bonchev–Trinajstić information content (AvgIpc) is 2.30. The highest BCUT2D eigenvalue weighted by atomic mass is 127. The van der Waals surface area contributed by atoms with Crippen LogP contribution >= 0.6 is 22.6 Å². The van der Waals surface area contributed by atoms with Crippen LogP contribution in [0.15, 0.2) is 24.3 Å². The van der Waals surface area contributed by atoms with Gasteiger partial charge in [0.25, 0.3) is 0 Å². The fourth-order valence-electron chi connectivity index (χ4n) is 2.02. The highest BCUT2D eigenvalue weighted by Gasteiger charge is 2.43. The summed E-state index contributed by atoms with van der Waals surface area (Å²) in [7, 11) is 0. The predicted octanol–water partition coefficient (Wildman–Crippen LogP) is 2.81. The molecule has 0 saturated heterocycles. The van der Waals surface area contributed by atoms with Gasteiger partial charge in [-0.1, -0.05) is 60.7 Å². The Morgan fingerprint density at radius 2 is 1.92 bits per heavy atom. The molecular weight excluding hydrogens is 275 g/mol. The maximum atomic E-state index is 10.0. The Labute approximate surface area is 92.3 Å². The molecule has 0 spiro atoms. The van der Waals surface area contributed by atoms with Gasteiger partial charge in [0, 0.05) is 5.41 Å². The molecule has 1 aliphatic carbocycles. The molecular formula is C11H13IO. The van der Waals surface area contributed by atoms with Gasteiger partial charge in [-0.25, -0.2) is 0 Å². The second-order valence-corrected chi connectivity index (χ2v) is 5.50. The first-order valence-corrected chi connectivity index (χ1v) is 5.71. The second kappa shape index (κ2) is 2.95. The first-order chi connectivity index (χ1) is 6.05. The van der Waals surface area contributed by atoms with E-state index in [9.17, 15) is 5.11 Å². The molecule has 1 aromatic rings. The number of aliphatic hydroxyl groups is 1. The van der Waals surface area contributed by atoms with Gasteiger partial charge in [-0.15, -0.1) is 0 Å². The van der Waals surface area contributed by atoms with E-state index >= 15 is 0 Å². The van der Waals surface area contributed by atoms with Crippen LogP contribution in [0, 0.1) is 0 Å². The van der Waals surface area contributed by atoms with E-state index in [0.717, 1.165) is 0 Å². The first kappa shape index (κ1) is 9.46. The molecule has 13 heavy (non-hydrogen) atoms. The molecule has 2 heteroatoms. The Bertz CT molecular complexity index is 333. The van der Waals surface area contributed by atoms with Crippen LogP contribution in [-0.2, 0) is 5.41 Å². The Morgan fingerprint density at radius 1 is 1.31 bits per heavy atom. The molecule has 0 heterocycles. The van der Waals surface area contributed by atoms with E-state index in [0.29, 0.717) is 0 Å². The van der Waals surface area contributed by atoms with E-state index in [1.165, 1.54) is 11.1 Å². The summed E-state index contributed by atoms with van der Waals surface area (Å²) in [6.45, 7) is 4.21. The molecule has 0 saturated carbocycles. The van der Waals surface area contributed by atoms with Crippen LogP contribution in [0.1, 0.15) is 28.9 Å². The third-order valence-corrected chi connectivity index (χ3v) is 4.32. The molecule has 2 atom stereocenters. The van der Waals surface area contributed by atoms with Crippen molar-refractivity contribution in [1.82, 2.24) is 0 Å². The number of rotatable bonds is 0. The third kappa shape index (κ3) is 1.22. The van der Waals surface area contributed by atoms with Gasteiger partial charge in [-0.05, 0) is 11.1 Å². The number of benzene rings is 1. The van der Waals surface area contributed by atoms with Crippen LogP contribution in [0.3, 0.4) is 0 Å². The zero-order valence-electron chi connectivity index (χ0n) is 7.79. The van der Waals surface area contributed by atoms with Gasteiger partial charge in [0.05, 0.1) is 10.0 Å². The summed E-state index contributed by atoms with van der Waals surface area (Å²) in [5.41, 5.74) is 2.49. The number of halogens is 1. The average molecular weight is 288 g/mol. The molecule has 0 radical (unpaired) electrons. The van der Waals surface area contributed by atoms with Crippen molar-refractivity contribution in [3.63, 3.8) is 0 Å². The Balaban J connectivity index is 2.61. The van der Waals surface area contributed by atoms with E-state index < -0.39 is 0 Å². The quantitative estimate of drug-likeness (QED) is 0.575. The molecule has 1 aromatic carbocycles. The van der Waals surface area contributed by atoms with E-state index in [1.807, 2.05) is 12.1 Å². The predicted molar refractivity (Wildman–Crippen MR) is 62.2 cm³/mol. The van der Waals surface area contributed by atoms with Gasteiger partial charge < -0.3 is 5.11 Å². The van der Waals surface area contributed by atoms with Crippen LogP contribution in [0.25, 0.3) is 0 Å². The van der Waals surface area contributed by atoms with Crippen molar-refractivity contribution in [3.05, 3.63) is 35.4 Å². The normalized spacial score (nSPS) is 30.2. The number of aliphatic hydroxyl groups excluding tert-OH is 1. The van der Waals surface area contributed by atoms with Crippen LogP contribution < -0.4 is 0 Å². The molecule has 0 amide bonds. The molecule has 2 unspecified atom stereocenters. The lowest BCUT2D eigenvalue weighted by Gasteiger charge is -2.24. The minimum Gasteiger partial charge on any atom is -0.391 e. The summed E-state index contributed by atoms with van der Waals surface area (Å²) >= 11 is 2.32. The number of alkyl halides is 1. The van der Waals surface area contributed by atoms with Crippen LogP contribution in [0.2, 0.25) is 0 Å². The zero-order chi connectivity index (χ0) is 9.64. The summed E-state index contributed by atoms with van der Waals surface area (Å²) in [4.78, 5) is 0. The van der Waals surface area contributed by atoms with Crippen molar-refractivity contribution in [3.8, 4) is 0 Å². The number of fused-ring (bicyclic) bond motifs is 1. The van der Waals surface area contributed by atoms with E-state index in [4.69, 9.17) is 0 Å². The summed E-state index contributed by atoms with van der Waals surface area (Å²) in [6, 6.07) is 8.32. The first-order valence-electron chi connectivity index (χ1n) is 4.46. The van der Waals surface area contributed by atoms with Gasteiger partial charge in [0.1, 0.15) is 0 Å². The van der Waals surface area contributed by atoms with E-state index in [1.54, 1.807) is 0 Å². The second-order valence-electron chi connectivity index (χ2n) is 4.16. The lowest BCUT2D eigenvalue weighted by molar-refractivity contribution is 0.117. The topological polar surface area (TPSA) is 20.2 Å². The number of hydrogen-bond donors (Lipinski definition) is 1. The minimum absolute atomic E-state index is 0.0948. The van der Waals surface area contributed by atoms with Crippen molar-refractivity contribution in [2.45, 2.75) is 29.3 Å². The van der Waals surface area contributed by atoms with Crippen molar-refractivity contribution in [2.24, 2.45) is 0 Å². The monoisotopic (exact) mass is 288 g/mol. The summed E-state index contributed by atoms with van der Waals surface area (Å²) in [6.07, 6.45) is -0.259. The summed E-state index contributed by atoms with van der Waals surface area (Å²) < 4.78 is 0.240. The SMILES string of the molecule is CC1(C)c2ccccc2C(I)C1O. The van der Waals surface area contributed by atoms with E-state index in [2.05, 4.69) is 48.6 Å². The van der Waals surface area contributed by atoms with Gasteiger partial charge in [-0.2, -0.15) is 0 Å². The molecule has 1 aliphatic rings. The molecule has 0 fully saturated rings. The molecule has 0 aliphatic heterocycles. The summed E-state index contributed by atoms with van der Waals surface area (Å²) in [5.74, 6) is 0. The van der Waals surface area contributed by atoms with Gasteiger partial charge in [-0.3, -0.25) is 0 Å². The van der Waals surface area contributed by atoms with Gasteiger partial charge in [0.15, 0.2) is 0 Å². The zero-order valence-corrected chi connectivity index (χ0v) is 9.95. The molecule has 70 valence electrons. The Morgan fingerprint density at radius 3 is 2.54 bits per heavy atom. The van der Waals surface area contributed by atoms with Gasteiger partial charge in [0.2, 0.25) is 0 Å². The minimum atomic E-state index is -0.259. The van der Waals surface area contributed by atoms with Crippen molar-refractivity contribution in [2.75, 3.05) is 0 Å². The van der Waals surface area contributed by atoms with Crippen LogP contribution in [-0.4, -0.2) is 11.2 Å². The maximum absolute atomic E-state index is 10.0. The van der Waals surface area contributed by atoms with Crippen molar-refractivity contribution in [1.29, 1.82) is 0 Å². The lowest BCUT2D eigenvalue weighted by atomic mass is 9.85. The fourth-order valence-corrected chi connectivity index (χ4v) is 3.46. The summed E-state index contributed by atoms with van der Waals surface area (Å²) in [5, 5.41) is 10.0. The Kier molecular flexibility index (Phi) is 2.15. The van der Waals surface area contributed by atoms with E-state index in [-0.39, 0.29) is 15.4 Å². The molecule has 0 aromatic heterocycles. The fraction of sp³-hybridized carbons (Fsp3) is 0.455. The standard InChI is InChI=1S/C11H13IO/c1-11(2)8-6-4-3-5-7(8)9(12)10(11)13/h3-6,9-10,13H,1-2H3.